The van der Waals surface area contributed by atoms with Gasteiger partial charge in [0.15, 0.2) is 11.6 Å². The van der Waals surface area contributed by atoms with Gasteiger partial charge in [0.05, 0.1) is 17.9 Å². The summed E-state index contributed by atoms with van der Waals surface area (Å²) in [7, 11) is 1.33. The fraction of sp³-hybridized carbons (Fsp3) is 0.360. The zero-order valence-corrected chi connectivity index (χ0v) is 22.6. The van der Waals surface area contributed by atoms with E-state index in [1.165, 1.54) is 7.11 Å². The molecule has 33 heavy (non-hydrogen) atoms. The van der Waals surface area contributed by atoms with Crippen LogP contribution in [0.15, 0.2) is 57.5 Å². The molecular formula is C25H29Br2NO5. The summed E-state index contributed by atoms with van der Waals surface area (Å²) in [4.78, 5) is 46.4. The summed E-state index contributed by atoms with van der Waals surface area (Å²) in [6.07, 6.45) is 0.269. The molecule has 1 amide bonds. The first-order valence-electron chi connectivity index (χ1n) is 10.2. The van der Waals surface area contributed by atoms with E-state index in [-0.39, 0.29) is 30.4 Å². The number of Topliss-reactive ketones (excluding diaryl/α,β-unsaturated/α-hetero) is 2. The molecule has 0 aliphatic carbocycles. The molecule has 0 unspecified atom stereocenters. The molecule has 2 rings (SSSR count). The molecular weight excluding hydrogens is 554 g/mol. The van der Waals surface area contributed by atoms with Gasteiger partial charge in [-0.1, -0.05) is 70.0 Å². The number of benzene rings is 2. The van der Waals surface area contributed by atoms with E-state index in [1.54, 1.807) is 76.2 Å². The lowest BCUT2D eigenvalue weighted by molar-refractivity contribution is -0.150. The first kappa shape index (κ1) is 28.7. The summed E-state index contributed by atoms with van der Waals surface area (Å²) in [5.41, 5.74) is 4.82. The van der Waals surface area contributed by atoms with E-state index in [4.69, 9.17) is 5.73 Å². The summed E-state index contributed by atoms with van der Waals surface area (Å²) in [6.45, 7) is 6.75. The summed E-state index contributed by atoms with van der Waals surface area (Å²) >= 11 is 6.60. The molecule has 178 valence electrons. The minimum Gasteiger partial charge on any atom is -0.469 e. The lowest BCUT2D eigenvalue weighted by Gasteiger charge is -2.20. The summed E-state index contributed by atoms with van der Waals surface area (Å²) in [6, 6.07) is 14.1. The van der Waals surface area contributed by atoms with E-state index >= 15 is 0 Å². The maximum atomic E-state index is 12.0. The van der Waals surface area contributed by atoms with Crippen LogP contribution in [0.25, 0.3) is 0 Å². The zero-order valence-electron chi connectivity index (χ0n) is 19.4. The van der Waals surface area contributed by atoms with Crippen LogP contribution < -0.4 is 5.73 Å². The number of rotatable bonds is 8. The number of carbonyl (C=O) groups excluding carboxylic acids is 4. The van der Waals surface area contributed by atoms with Gasteiger partial charge in [0, 0.05) is 32.9 Å². The number of hydrogen-bond acceptors (Lipinski definition) is 5. The van der Waals surface area contributed by atoms with E-state index in [9.17, 15) is 19.2 Å². The minimum absolute atomic E-state index is 0.0621. The van der Waals surface area contributed by atoms with Crippen LogP contribution >= 0.6 is 31.9 Å². The molecule has 0 saturated carbocycles. The van der Waals surface area contributed by atoms with E-state index in [0.29, 0.717) is 11.1 Å². The third-order valence-corrected chi connectivity index (χ3v) is 6.00. The van der Waals surface area contributed by atoms with Crippen molar-refractivity contribution < 1.29 is 23.9 Å². The van der Waals surface area contributed by atoms with Crippen molar-refractivity contribution in [3.63, 3.8) is 0 Å². The van der Waals surface area contributed by atoms with Gasteiger partial charge in [-0.2, -0.15) is 0 Å². The normalized spacial score (nSPS) is 11.1. The lowest BCUT2D eigenvalue weighted by Crippen LogP contribution is -2.33. The predicted octanol–water partition coefficient (Wildman–Crippen LogP) is 5.75. The van der Waals surface area contributed by atoms with Crippen molar-refractivity contribution in [3.8, 4) is 0 Å². The average Bonchev–Trinajstić information content (AvgIpc) is 2.73. The van der Waals surface area contributed by atoms with Crippen LogP contribution in [0.3, 0.4) is 0 Å². The number of ketones is 2. The van der Waals surface area contributed by atoms with E-state index in [1.807, 2.05) is 0 Å². The fourth-order valence-electron chi connectivity index (χ4n) is 2.71. The van der Waals surface area contributed by atoms with Gasteiger partial charge < -0.3 is 10.5 Å². The maximum absolute atomic E-state index is 12.0. The first-order chi connectivity index (χ1) is 15.2. The molecule has 0 spiro atoms. The highest BCUT2D eigenvalue weighted by molar-refractivity contribution is 9.10. The molecule has 2 aromatic carbocycles. The van der Waals surface area contributed by atoms with Crippen molar-refractivity contribution in [2.24, 2.45) is 16.6 Å². The lowest BCUT2D eigenvalue weighted by atomic mass is 9.85. The molecule has 0 aromatic heterocycles. The van der Waals surface area contributed by atoms with Crippen LogP contribution in [0.1, 0.15) is 61.3 Å². The van der Waals surface area contributed by atoms with Gasteiger partial charge in [0.25, 0.3) is 0 Å². The third-order valence-electron chi connectivity index (χ3n) is 4.94. The van der Waals surface area contributed by atoms with Gasteiger partial charge in [-0.3, -0.25) is 19.2 Å². The second kappa shape index (κ2) is 12.2. The summed E-state index contributed by atoms with van der Waals surface area (Å²) in [5.74, 6) is -0.967. The maximum Gasteiger partial charge on any atom is 0.311 e. The van der Waals surface area contributed by atoms with Gasteiger partial charge >= 0.3 is 5.97 Å². The van der Waals surface area contributed by atoms with Crippen LogP contribution in [0.5, 0.6) is 0 Å². The first-order valence-corrected chi connectivity index (χ1v) is 11.7. The molecule has 2 aromatic rings. The molecule has 0 aliphatic rings. The number of ether oxygens (including phenoxy) is 1. The molecule has 8 heteroatoms. The zero-order chi connectivity index (χ0) is 25.4. The molecule has 6 nitrogen and oxygen atoms in total. The quantitative estimate of drug-likeness (QED) is 0.315. The summed E-state index contributed by atoms with van der Waals surface area (Å²) < 4.78 is 6.51. The molecule has 0 aliphatic heterocycles. The molecule has 0 fully saturated rings. The second-order valence-corrected chi connectivity index (χ2v) is 10.7. The molecule has 0 heterocycles. The number of halogens is 2. The Morgan fingerprint density at radius 3 is 1.36 bits per heavy atom. The van der Waals surface area contributed by atoms with Gasteiger partial charge in [0.1, 0.15) is 0 Å². The van der Waals surface area contributed by atoms with Crippen molar-refractivity contribution in [1.29, 1.82) is 0 Å². The Kier molecular flexibility index (Phi) is 10.6. The largest absolute Gasteiger partial charge is 0.469 e. The predicted molar refractivity (Wildman–Crippen MR) is 135 cm³/mol. The second-order valence-electron chi connectivity index (χ2n) is 8.84. The molecule has 0 radical (unpaired) electrons. The van der Waals surface area contributed by atoms with Crippen molar-refractivity contribution in [3.05, 3.63) is 68.6 Å². The number of nitrogens with two attached hydrogens (primary N) is 1. The Morgan fingerprint density at radius 1 is 0.727 bits per heavy atom. The Morgan fingerprint density at radius 2 is 1.06 bits per heavy atom. The third kappa shape index (κ3) is 9.21. The van der Waals surface area contributed by atoms with E-state index in [0.717, 1.165) is 8.95 Å². The number of primary amides is 1. The van der Waals surface area contributed by atoms with Crippen molar-refractivity contribution in [1.82, 2.24) is 0 Å². The Bertz CT molecular complexity index is 996. The van der Waals surface area contributed by atoms with Crippen molar-refractivity contribution in [2.75, 3.05) is 7.11 Å². The smallest absolute Gasteiger partial charge is 0.311 e. The topological polar surface area (TPSA) is 104 Å². The van der Waals surface area contributed by atoms with Gasteiger partial charge in [-0.05, 0) is 38.1 Å². The Hall–Kier alpha value is -2.32. The Balaban J connectivity index is 0.000000331. The minimum atomic E-state index is -0.801. The van der Waals surface area contributed by atoms with Crippen LogP contribution in [0.2, 0.25) is 0 Å². The highest BCUT2D eigenvalue weighted by Crippen LogP contribution is 2.25. The molecule has 2 N–H and O–H groups in total. The number of carbonyl (C=O) groups is 4. The Labute approximate surface area is 211 Å². The number of esters is 1. The number of amides is 1. The van der Waals surface area contributed by atoms with Gasteiger partial charge in [-0.25, -0.2) is 0 Å². The van der Waals surface area contributed by atoms with Gasteiger partial charge in [0.2, 0.25) is 5.91 Å². The standard InChI is InChI=1S/C13H15BrO3.C12H14BrNO2/c1-13(2,12(16)17-3)8-11(15)9-4-6-10(14)7-5-9;1-12(2,11(14)16)7-10(15)8-3-5-9(13)6-4-8/h4-7H,8H2,1-3H3;3-6H,7H2,1-2H3,(H2,14,16). The highest BCUT2D eigenvalue weighted by Gasteiger charge is 2.31. The molecule has 0 saturated heterocycles. The fourth-order valence-corrected chi connectivity index (χ4v) is 3.24. The molecule has 0 bridgehead atoms. The highest BCUT2D eigenvalue weighted by atomic mass is 79.9. The van der Waals surface area contributed by atoms with Crippen LogP contribution in [0.4, 0.5) is 0 Å². The molecule has 0 atom stereocenters. The van der Waals surface area contributed by atoms with Crippen LogP contribution in [0, 0.1) is 10.8 Å². The van der Waals surface area contributed by atoms with Gasteiger partial charge in [-0.15, -0.1) is 0 Å². The van der Waals surface area contributed by atoms with Crippen LogP contribution in [-0.2, 0) is 14.3 Å². The number of hydrogen-bond donors (Lipinski definition) is 1. The summed E-state index contributed by atoms with van der Waals surface area (Å²) in [5, 5.41) is 0. The van der Waals surface area contributed by atoms with E-state index in [2.05, 4.69) is 36.6 Å². The monoisotopic (exact) mass is 581 g/mol. The van der Waals surface area contributed by atoms with Crippen LogP contribution in [-0.4, -0.2) is 30.6 Å². The van der Waals surface area contributed by atoms with Crippen molar-refractivity contribution in [2.45, 2.75) is 40.5 Å². The van der Waals surface area contributed by atoms with Crippen molar-refractivity contribution >= 4 is 55.3 Å². The van der Waals surface area contributed by atoms with E-state index < -0.39 is 16.7 Å². The SMILES string of the molecule is CC(C)(CC(=O)c1ccc(Br)cc1)C(N)=O.COC(=O)C(C)(C)CC(=O)c1ccc(Br)cc1. The average molecular weight is 583 g/mol. The number of methoxy groups -OCH3 is 1.